The summed E-state index contributed by atoms with van der Waals surface area (Å²) in [6.45, 7) is 1.62. The van der Waals surface area contributed by atoms with Crippen LogP contribution in [0.3, 0.4) is 0 Å². The molecule has 1 aromatic heterocycles. The zero-order valence-electron chi connectivity index (χ0n) is 13.8. The number of aliphatic hydroxyl groups is 1. The second-order valence-corrected chi connectivity index (χ2v) is 5.02. The van der Waals surface area contributed by atoms with Crippen molar-refractivity contribution in [2.24, 2.45) is 0 Å². The molecule has 140 valence electrons. The number of benzene rings is 1. The SMILES string of the molecule is CCOC(=O)c1c(NCCO)ncnc1Nc1cccc(C(F)(F)F)c1. The molecule has 0 amide bonds. The molecule has 0 saturated heterocycles. The maximum absolute atomic E-state index is 12.9. The Morgan fingerprint density at radius 2 is 2.00 bits per heavy atom. The lowest BCUT2D eigenvalue weighted by Gasteiger charge is -2.15. The summed E-state index contributed by atoms with van der Waals surface area (Å²) in [6, 6.07) is 4.48. The van der Waals surface area contributed by atoms with Crippen LogP contribution in [0.1, 0.15) is 22.8 Å². The van der Waals surface area contributed by atoms with Gasteiger partial charge in [-0.15, -0.1) is 0 Å². The molecule has 0 bridgehead atoms. The second-order valence-electron chi connectivity index (χ2n) is 5.02. The molecule has 2 aromatic rings. The largest absolute Gasteiger partial charge is 0.462 e. The Morgan fingerprint density at radius 1 is 1.27 bits per heavy atom. The van der Waals surface area contributed by atoms with Crippen LogP contribution < -0.4 is 10.6 Å². The molecule has 7 nitrogen and oxygen atoms in total. The van der Waals surface area contributed by atoms with Crippen LogP contribution in [0.2, 0.25) is 0 Å². The van der Waals surface area contributed by atoms with E-state index in [1.807, 2.05) is 0 Å². The minimum Gasteiger partial charge on any atom is -0.462 e. The van der Waals surface area contributed by atoms with Crippen LogP contribution >= 0.6 is 0 Å². The van der Waals surface area contributed by atoms with Gasteiger partial charge in [-0.05, 0) is 25.1 Å². The van der Waals surface area contributed by atoms with E-state index in [-0.39, 0.29) is 42.6 Å². The van der Waals surface area contributed by atoms with Crippen LogP contribution in [0.5, 0.6) is 0 Å². The van der Waals surface area contributed by atoms with Gasteiger partial charge in [0.2, 0.25) is 0 Å². The number of esters is 1. The number of hydrogen-bond donors (Lipinski definition) is 3. The van der Waals surface area contributed by atoms with Crippen molar-refractivity contribution in [3.05, 3.63) is 41.7 Å². The van der Waals surface area contributed by atoms with Gasteiger partial charge in [-0.25, -0.2) is 14.8 Å². The number of aromatic nitrogens is 2. The number of ether oxygens (including phenoxy) is 1. The number of aliphatic hydroxyl groups excluding tert-OH is 1. The molecular formula is C16H17F3N4O3. The summed E-state index contributed by atoms with van der Waals surface area (Å²) in [7, 11) is 0. The van der Waals surface area contributed by atoms with Crippen LogP contribution in [0.4, 0.5) is 30.5 Å². The molecule has 0 atom stereocenters. The van der Waals surface area contributed by atoms with Gasteiger partial charge < -0.3 is 20.5 Å². The van der Waals surface area contributed by atoms with E-state index < -0.39 is 17.7 Å². The Labute approximate surface area is 147 Å². The van der Waals surface area contributed by atoms with Gasteiger partial charge in [0.05, 0.1) is 18.8 Å². The first-order chi connectivity index (χ1) is 12.4. The first-order valence-electron chi connectivity index (χ1n) is 7.68. The highest BCUT2D eigenvalue weighted by Crippen LogP contribution is 2.32. The quantitative estimate of drug-likeness (QED) is 0.645. The van der Waals surface area contributed by atoms with Crippen molar-refractivity contribution < 1.29 is 27.8 Å². The zero-order chi connectivity index (χ0) is 19.2. The third-order valence-corrected chi connectivity index (χ3v) is 3.18. The Balaban J connectivity index is 2.41. The minimum atomic E-state index is -4.50. The van der Waals surface area contributed by atoms with Crippen molar-refractivity contribution >= 4 is 23.3 Å². The molecule has 0 radical (unpaired) electrons. The van der Waals surface area contributed by atoms with Crippen LogP contribution in [0.25, 0.3) is 0 Å². The summed E-state index contributed by atoms with van der Waals surface area (Å²) in [5.41, 5.74) is -0.815. The van der Waals surface area contributed by atoms with Gasteiger partial charge in [-0.1, -0.05) is 6.07 Å². The monoisotopic (exact) mass is 370 g/mol. The van der Waals surface area contributed by atoms with Crippen molar-refractivity contribution in [1.29, 1.82) is 0 Å². The van der Waals surface area contributed by atoms with Crippen molar-refractivity contribution in [2.75, 3.05) is 30.4 Å². The number of anilines is 3. The predicted molar refractivity (Wildman–Crippen MR) is 88.3 cm³/mol. The standard InChI is InChI=1S/C16H17F3N4O3/c1-2-26-15(25)12-13(20-6-7-24)21-9-22-14(12)23-11-5-3-4-10(8-11)16(17,18)19/h3-5,8-9,24H,2,6-7H2,1H3,(H2,20,21,22,23). The number of nitrogens with zero attached hydrogens (tertiary/aromatic N) is 2. The van der Waals surface area contributed by atoms with Crippen molar-refractivity contribution in [3.63, 3.8) is 0 Å². The smallest absolute Gasteiger partial charge is 0.416 e. The molecule has 0 aliphatic heterocycles. The van der Waals surface area contributed by atoms with Gasteiger partial charge in [0.15, 0.2) is 5.82 Å². The average molecular weight is 370 g/mol. The molecule has 0 spiro atoms. The first-order valence-corrected chi connectivity index (χ1v) is 7.68. The molecule has 2 rings (SSSR count). The van der Waals surface area contributed by atoms with E-state index in [0.717, 1.165) is 18.5 Å². The van der Waals surface area contributed by atoms with Crippen LogP contribution in [0.15, 0.2) is 30.6 Å². The second kappa shape index (κ2) is 8.48. The fourth-order valence-electron chi connectivity index (χ4n) is 2.10. The average Bonchev–Trinajstić information content (AvgIpc) is 2.59. The number of carbonyl (C=O) groups is 1. The van der Waals surface area contributed by atoms with E-state index in [9.17, 15) is 18.0 Å². The van der Waals surface area contributed by atoms with E-state index in [1.54, 1.807) is 6.92 Å². The number of alkyl halides is 3. The predicted octanol–water partition coefficient (Wildman–Crippen LogP) is 2.82. The summed E-state index contributed by atoms with van der Waals surface area (Å²) in [6.07, 6.45) is -3.36. The maximum atomic E-state index is 12.9. The molecule has 0 aliphatic carbocycles. The van der Waals surface area contributed by atoms with E-state index in [2.05, 4.69) is 20.6 Å². The molecule has 0 saturated carbocycles. The van der Waals surface area contributed by atoms with E-state index in [4.69, 9.17) is 9.84 Å². The molecule has 10 heteroatoms. The molecule has 1 heterocycles. The molecule has 26 heavy (non-hydrogen) atoms. The van der Waals surface area contributed by atoms with Gasteiger partial charge in [-0.3, -0.25) is 0 Å². The Kier molecular flexibility index (Phi) is 6.34. The van der Waals surface area contributed by atoms with Gasteiger partial charge in [0.25, 0.3) is 0 Å². The Morgan fingerprint density at radius 3 is 2.65 bits per heavy atom. The molecule has 0 aliphatic rings. The number of nitrogens with one attached hydrogen (secondary N) is 2. The van der Waals surface area contributed by atoms with E-state index in [1.165, 1.54) is 12.1 Å². The first kappa shape index (κ1) is 19.4. The lowest BCUT2D eigenvalue weighted by molar-refractivity contribution is -0.137. The summed E-state index contributed by atoms with van der Waals surface area (Å²) in [4.78, 5) is 20.1. The maximum Gasteiger partial charge on any atom is 0.416 e. The number of halogens is 3. The summed E-state index contributed by atoms with van der Waals surface area (Å²) < 4.78 is 43.5. The summed E-state index contributed by atoms with van der Waals surface area (Å²) >= 11 is 0. The van der Waals surface area contributed by atoms with Crippen LogP contribution in [-0.4, -0.2) is 40.8 Å². The highest BCUT2D eigenvalue weighted by atomic mass is 19.4. The Hall–Kier alpha value is -2.88. The number of rotatable bonds is 7. The van der Waals surface area contributed by atoms with Crippen LogP contribution in [0, 0.1) is 0 Å². The molecule has 3 N–H and O–H groups in total. The fraction of sp³-hybridized carbons (Fsp3) is 0.312. The third kappa shape index (κ3) is 4.82. The van der Waals surface area contributed by atoms with Crippen molar-refractivity contribution in [2.45, 2.75) is 13.1 Å². The van der Waals surface area contributed by atoms with Gasteiger partial charge in [-0.2, -0.15) is 13.2 Å². The Bertz CT molecular complexity index is 769. The van der Waals surface area contributed by atoms with Crippen LogP contribution in [-0.2, 0) is 10.9 Å². The third-order valence-electron chi connectivity index (χ3n) is 3.18. The van der Waals surface area contributed by atoms with Gasteiger partial charge in [0, 0.05) is 12.2 Å². The molecular weight excluding hydrogens is 353 g/mol. The zero-order valence-corrected chi connectivity index (χ0v) is 13.8. The number of hydrogen-bond acceptors (Lipinski definition) is 7. The minimum absolute atomic E-state index is 0.0155. The van der Waals surface area contributed by atoms with Gasteiger partial charge >= 0.3 is 12.1 Å². The van der Waals surface area contributed by atoms with Crippen molar-refractivity contribution in [1.82, 2.24) is 9.97 Å². The number of carbonyl (C=O) groups excluding carboxylic acids is 1. The van der Waals surface area contributed by atoms with Gasteiger partial charge in [0.1, 0.15) is 17.7 Å². The van der Waals surface area contributed by atoms with E-state index >= 15 is 0 Å². The highest BCUT2D eigenvalue weighted by Gasteiger charge is 2.30. The topological polar surface area (TPSA) is 96.4 Å². The molecule has 0 fully saturated rings. The lowest BCUT2D eigenvalue weighted by atomic mass is 10.2. The highest BCUT2D eigenvalue weighted by molar-refractivity contribution is 6.00. The fourth-order valence-corrected chi connectivity index (χ4v) is 2.10. The molecule has 1 aromatic carbocycles. The van der Waals surface area contributed by atoms with E-state index in [0.29, 0.717) is 0 Å². The normalized spacial score (nSPS) is 11.1. The summed E-state index contributed by atoms with van der Waals surface area (Å²) in [5.74, 6) is -0.664. The molecule has 0 unspecified atom stereocenters. The summed E-state index contributed by atoms with van der Waals surface area (Å²) in [5, 5.41) is 14.4. The van der Waals surface area contributed by atoms with Crippen molar-refractivity contribution in [3.8, 4) is 0 Å². The lowest BCUT2D eigenvalue weighted by Crippen LogP contribution is -2.16.